The number of methoxy groups -OCH3 is 1. The summed E-state index contributed by atoms with van der Waals surface area (Å²) in [7, 11) is 3.09. The van der Waals surface area contributed by atoms with E-state index in [1.165, 1.54) is 7.11 Å². The molecule has 0 unspecified atom stereocenters. The minimum Gasteiger partial charge on any atom is -0.465 e. The second kappa shape index (κ2) is 7.67. The second-order valence-electron chi connectivity index (χ2n) is 6.22. The number of aryl methyl sites for hydroxylation is 2. The Balaban J connectivity index is 2.27. The van der Waals surface area contributed by atoms with Crippen LogP contribution >= 0.6 is 22.6 Å². The molecule has 1 heterocycles. The zero-order valence-electron chi connectivity index (χ0n) is 15.3. The Morgan fingerprint density at radius 2 is 2.19 bits per heavy atom. The average Bonchev–Trinajstić information content (AvgIpc) is 2.94. The molecule has 140 valence electrons. The van der Waals surface area contributed by atoms with E-state index >= 15 is 4.39 Å². The molecule has 3 rings (SSSR count). The van der Waals surface area contributed by atoms with Gasteiger partial charge in [0.15, 0.2) is 11.3 Å². The van der Waals surface area contributed by atoms with E-state index in [9.17, 15) is 4.79 Å². The number of fused-ring (bicyclic) bond motifs is 1. The Kier molecular flexibility index (Phi) is 5.50. The van der Waals surface area contributed by atoms with Crippen molar-refractivity contribution in [3.05, 3.63) is 63.8 Å². The molecule has 0 spiro atoms. The molecular formula is C20H20FIN3O2+. The highest BCUT2D eigenvalue weighted by molar-refractivity contribution is 14.1. The van der Waals surface area contributed by atoms with E-state index in [1.54, 1.807) is 34.7 Å². The summed E-state index contributed by atoms with van der Waals surface area (Å²) in [5.41, 5.74) is 2.92. The highest BCUT2D eigenvalue weighted by atomic mass is 127. The highest BCUT2D eigenvalue weighted by Crippen LogP contribution is 2.32. The van der Waals surface area contributed by atoms with Gasteiger partial charge in [0.1, 0.15) is 6.54 Å². The van der Waals surface area contributed by atoms with Gasteiger partial charge in [-0.2, -0.15) is 4.39 Å². The first-order valence-electron chi connectivity index (χ1n) is 8.30. The average molecular weight is 480 g/mol. The number of ether oxygens (including phenoxy) is 1. The van der Waals surface area contributed by atoms with Crippen LogP contribution in [0.1, 0.15) is 15.9 Å². The van der Waals surface area contributed by atoms with Crippen molar-refractivity contribution in [2.75, 3.05) is 12.4 Å². The molecule has 0 aliphatic carbocycles. The molecule has 0 saturated heterocycles. The largest absolute Gasteiger partial charge is 0.465 e. The molecule has 7 heteroatoms. The molecule has 0 amide bonds. The predicted molar refractivity (Wildman–Crippen MR) is 112 cm³/mol. The number of nitrogens with one attached hydrogen (secondary N) is 1. The number of halogens is 2. The number of imidazole rings is 1. The van der Waals surface area contributed by atoms with Crippen LogP contribution in [-0.2, 0) is 18.3 Å². The summed E-state index contributed by atoms with van der Waals surface area (Å²) >= 11 is 2.22. The van der Waals surface area contributed by atoms with Crippen LogP contribution < -0.4 is 9.88 Å². The van der Waals surface area contributed by atoms with Gasteiger partial charge in [-0.1, -0.05) is 12.7 Å². The number of hydrogen-bond donors (Lipinski definition) is 1. The number of esters is 1. The van der Waals surface area contributed by atoms with Gasteiger partial charge in [0.25, 0.3) is 0 Å². The molecular weight excluding hydrogens is 460 g/mol. The summed E-state index contributed by atoms with van der Waals surface area (Å²) in [5, 5.41) is 3.09. The third-order valence-corrected chi connectivity index (χ3v) is 5.05. The monoisotopic (exact) mass is 480 g/mol. The molecule has 5 nitrogen and oxygen atoms in total. The minimum absolute atomic E-state index is 0.0997. The molecule has 3 aromatic rings. The maximum atomic E-state index is 15.6. The number of carbonyl (C=O) groups is 1. The lowest BCUT2D eigenvalue weighted by Crippen LogP contribution is -2.26. The number of rotatable bonds is 5. The Morgan fingerprint density at radius 3 is 2.81 bits per heavy atom. The van der Waals surface area contributed by atoms with Crippen molar-refractivity contribution < 1.29 is 18.5 Å². The number of allylic oxidation sites excluding steroid dienone is 1. The van der Waals surface area contributed by atoms with E-state index in [0.29, 0.717) is 17.6 Å². The lowest BCUT2D eigenvalue weighted by atomic mass is 10.1. The molecule has 0 aliphatic rings. The molecule has 0 saturated carbocycles. The summed E-state index contributed by atoms with van der Waals surface area (Å²) in [6.45, 7) is 6.11. The molecule has 0 fully saturated rings. The van der Waals surface area contributed by atoms with Gasteiger partial charge in [0, 0.05) is 15.3 Å². The molecule has 0 atom stereocenters. The van der Waals surface area contributed by atoms with Gasteiger partial charge < -0.3 is 10.1 Å². The highest BCUT2D eigenvalue weighted by Gasteiger charge is 2.27. The van der Waals surface area contributed by atoms with E-state index in [1.807, 2.05) is 25.1 Å². The topological polar surface area (TPSA) is 47.1 Å². The number of aromatic nitrogens is 2. The van der Waals surface area contributed by atoms with Crippen LogP contribution in [0.2, 0.25) is 0 Å². The normalized spacial score (nSPS) is 10.9. The quantitative estimate of drug-likeness (QED) is 0.257. The molecule has 27 heavy (non-hydrogen) atoms. The van der Waals surface area contributed by atoms with Crippen molar-refractivity contribution >= 4 is 51.0 Å². The van der Waals surface area contributed by atoms with Gasteiger partial charge in [-0.3, -0.25) is 0 Å². The number of anilines is 2. The van der Waals surface area contributed by atoms with Crippen LogP contribution in [0.3, 0.4) is 0 Å². The first-order chi connectivity index (χ1) is 12.9. The lowest BCUT2D eigenvalue weighted by Gasteiger charge is -2.14. The van der Waals surface area contributed by atoms with E-state index in [0.717, 1.165) is 14.8 Å². The zero-order chi connectivity index (χ0) is 19.7. The van der Waals surface area contributed by atoms with Gasteiger partial charge in [-0.25, -0.2) is 13.9 Å². The minimum atomic E-state index is -0.599. The van der Waals surface area contributed by atoms with Crippen molar-refractivity contribution in [3.63, 3.8) is 0 Å². The molecule has 0 aliphatic heterocycles. The summed E-state index contributed by atoms with van der Waals surface area (Å²) < 4.78 is 25.1. The Labute approximate surface area is 170 Å². The third kappa shape index (κ3) is 3.55. The van der Waals surface area contributed by atoms with E-state index < -0.39 is 11.8 Å². The fraction of sp³-hybridized carbons (Fsp3) is 0.200. The van der Waals surface area contributed by atoms with E-state index in [-0.39, 0.29) is 11.3 Å². The number of hydrogen-bond acceptors (Lipinski definition) is 3. The molecule has 2 aromatic carbocycles. The number of benzene rings is 2. The maximum Gasteiger partial charge on any atom is 0.340 e. The fourth-order valence-corrected chi connectivity index (χ4v) is 3.72. The lowest BCUT2D eigenvalue weighted by molar-refractivity contribution is -0.645. The van der Waals surface area contributed by atoms with Crippen molar-refractivity contribution in [2.24, 2.45) is 7.05 Å². The van der Waals surface area contributed by atoms with Crippen LogP contribution in [-0.4, -0.2) is 17.6 Å². The first kappa shape index (κ1) is 19.3. The van der Waals surface area contributed by atoms with E-state index in [4.69, 9.17) is 4.74 Å². The number of carbonyl (C=O) groups excluding carboxylic acids is 1. The van der Waals surface area contributed by atoms with Crippen LogP contribution in [0.15, 0.2) is 43.2 Å². The first-order valence-corrected chi connectivity index (χ1v) is 9.38. The van der Waals surface area contributed by atoms with Crippen LogP contribution in [0, 0.1) is 16.3 Å². The fourth-order valence-electron chi connectivity index (χ4n) is 3.07. The van der Waals surface area contributed by atoms with Gasteiger partial charge >= 0.3 is 5.97 Å². The van der Waals surface area contributed by atoms with Crippen LogP contribution in [0.4, 0.5) is 15.8 Å². The molecule has 1 aromatic heterocycles. The Hall–Kier alpha value is -2.42. The van der Waals surface area contributed by atoms with Crippen LogP contribution in [0.5, 0.6) is 0 Å². The maximum absolute atomic E-state index is 15.6. The summed E-state index contributed by atoms with van der Waals surface area (Å²) in [6.07, 6.45) is 3.47. The van der Waals surface area contributed by atoms with Gasteiger partial charge in [-0.15, -0.1) is 0 Å². The van der Waals surface area contributed by atoms with Crippen molar-refractivity contribution in [2.45, 2.75) is 13.5 Å². The molecule has 1 N–H and O–H groups in total. The van der Waals surface area contributed by atoms with Gasteiger partial charge in [0.05, 0.1) is 25.4 Å². The SMILES string of the molecule is C=CCn1c[n+](C)c2cc(C(=O)OC)c(Nc3ccc(I)cc3C)c(F)c21. The number of nitrogens with zero attached hydrogens (tertiary/aromatic N) is 2. The Morgan fingerprint density at radius 1 is 1.44 bits per heavy atom. The van der Waals surface area contributed by atoms with Crippen molar-refractivity contribution in [1.82, 2.24) is 4.57 Å². The summed E-state index contributed by atoms with van der Waals surface area (Å²) in [4.78, 5) is 12.3. The third-order valence-electron chi connectivity index (χ3n) is 4.38. The standard InChI is InChI=1S/C20H19FIN3O2/c1-5-8-25-11-24(3)16-10-14(20(26)27-4)18(17(21)19(16)25)23-15-7-6-13(22)9-12(15)2/h5-7,9-11H,1,8H2,2-4H3/p+1. The van der Waals surface area contributed by atoms with Gasteiger partial charge in [0.2, 0.25) is 11.8 Å². The Bertz CT molecular complexity index is 1060. The summed E-state index contributed by atoms with van der Waals surface area (Å²) in [6, 6.07) is 7.42. The predicted octanol–water partition coefficient (Wildman–Crippen LogP) is 4.23. The molecule has 0 radical (unpaired) electrons. The molecule has 0 bridgehead atoms. The zero-order valence-corrected chi connectivity index (χ0v) is 17.5. The van der Waals surface area contributed by atoms with Gasteiger partial charge in [-0.05, 0) is 53.3 Å². The van der Waals surface area contributed by atoms with Crippen LogP contribution in [0.25, 0.3) is 11.0 Å². The van der Waals surface area contributed by atoms with Crippen molar-refractivity contribution in [1.29, 1.82) is 0 Å². The second-order valence-corrected chi connectivity index (χ2v) is 7.47. The smallest absolute Gasteiger partial charge is 0.340 e. The van der Waals surface area contributed by atoms with E-state index in [2.05, 4.69) is 34.5 Å². The summed E-state index contributed by atoms with van der Waals surface area (Å²) in [5.74, 6) is -1.11. The van der Waals surface area contributed by atoms with Crippen molar-refractivity contribution in [3.8, 4) is 0 Å².